The Kier molecular flexibility index (Phi) is 5.43. The quantitative estimate of drug-likeness (QED) is 0.525. The number of methoxy groups -OCH3 is 2. The molecule has 0 unspecified atom stereocenters. The molecule has 0 fully saturated rings. The van der Waals surface area contributed by atoms with Crippen molar-refractivity contribution in [3.63, 3.8) is 0 Å². The lowest BCUT2D eigenvalue weighted by atomic mass is 10.2. The first-order chi connectivity index (χ1) is 14.7. The van der Waals surface area contributed by atoms with E-state index in [1.165, 1.54) is 7.11 Å². The van der Waals surface area contributed by atoms with E-state index in [0.29, 0.717) is 23.0 Å². The number of para-hydroxylation sites is 1. The van der Waals surface area contributed by atoms with Crippen molar-refractivity contribution in [2.24, 2.45) is 0 Å². The second kappa shape index (κ2) is 8.48. The van der Waals surface area contributed by atoms with Crippen LogP contribution >= 0.6 is 0 Å². The van der Waals surface area contributed by atoms with Crippen LogP contribution in [-0.4, -0.2) is 34.9 Å². The van der Waals surface area contributed by atoms with Crippen LogP contribution in [0.15, 0.2) is 78.9 Å². The van der Waals surface area contributed by atoms with Crippen LogP contribution < -0.4 is 14.8 Å². The number of carbonyl (C=O) groups excluding carboxylic acids is 1. The van der Waals surface area contributed by atoms with Gasteiger partial charge in [0, 0.05) is 11.6 Å². The van der Waals surface area contributed by atoms with Gasteiger partial charge in [-0.3, -0.25) is 4.79 Å². The molecule has 4 rings (SSSR count). The molecule has 0 spiro atoms. The number of amides is 1. The first kappa shape index (κ1) is 19.2. The van der Waals surface area contributed by atoms with Gasteiger partial charge in [-0.05, 0) is 24.3 Å². The molecule has 1 aromatic heterocycles. The minimum Gasteiger partial charge on any atom is -0.497 e. The average molecular weight is 400 g/mol. The highest BCUT2D eigenvalue weighted by atomic mass is 16.5. The molecule has 0 saturated heterocycles. The molecule has 0 saturated carbocycles. The van der Waals surface area contributed by atoms with E-state index in [2.05, 4.69) is 15.4 Å². The molecule has 7 heteroatoms. The van der Waals surface area contributed by atoms with Crippen LogP contribution in [0.1, 0.15) is 10.6 Å². The first-order valence-corrected chi connectivity index (χ1v) is 9.31. The molecule has 7 nitrogen and oxygen atoms in total. The Balaban J connectivity index is 1.73. The minimum absolute atomic E-state index is 0.0441. The highest BCUT2D eigenvalue weighted by Crippen LogP contribution is 2.29. The number of nitrogens with zero attached hydrogens (tertiary/aromatic N) is 3. The van der Waals surface area contributed by atoms with E-state index < -0.39 is 5.91 Å². The highest BCUT2D eigenvalue weighted by molar-refractivity contribution is 6.02. The summed E-state index contributed by atoms with van der Waals surface area (Å²) >= 11 is 0. The SMILES string of the molecule is COc1ccc(OC)c(NC(=O)c2nc(-c3ccccc3)n(-c3ccccc3)n2)c1. The van der Waals surface area contributed by atoms with Crippen LogP contribution in [0.2, 0.25) is 0 Å². The Morgan fingerprint density at radius 2 is 1.60 bits per heavy atom. The van der Waals surface area contributed by atoms with Crippen molar-refractivity contribution in [3.05, 3.63) is 84.7 Å². The van der Waals surface area contributed by atoms with Gasteiger partial charge in [-0.25, -0.2) is 9.67 Å². The number of aromatic nitrogens is 3. The van der Waals surface area contributed by atoms with Crippen molar-refractivity contribution in [1.29, 1.82) is 0 Å². The van der Waals surface area contributed by atoms with Crippen LogP contribution in [0, 0.1) is 0 Å². The van der Waals surface area contributed by atoms with Crippen molar-refractivity contribution in [3.8, 4) is 28.6 Å². The number of rotatable bonds is 6. The largest absolute Gasteiger partial charge is 0.497 e. The molecule has 30 heavy (non-hydrogen) atoms. The standard InChI is InChI=1S/C23H20N4O3/c1-29-18-13-14-20(30-2)19(15-18)24-23(28)21-25-22(16-9-5-3-6-10-16)27(26-21)17-11-7-4-8-12-17/h3-15H,1-2H3,(H,24,28). The van der Waals surface area contributed by atoms with E-state index in [1.807, 2.05) is 60.7 Å². The molecule has 4 aromatic rings. The Morgan fingerprint density at radius 3 is 2.27 bits per heavy atom. The zero-order valence-corrected chi connectivity index (χ0v) is 16.6. The lowest BCUT2D eigenvalue weighted by Crippen LogP contribution is -2.15. The van der Waals surface area contributed by atoms with E-state index in [4.69, 9.17) is 9.47 Å². The Labute approximate surface area is 173 Å². The van der Waals surface area contributed by atoms with Gasteiger partial charge in [0.2, 0.25) is 5.82 Å². The fourth-order valence-corrected chi connectivity index (χ4v) is 3.02. The number of carbonyl (C=O) groups is 1. The molecular weight excluding hydrogens is 380 g/mol. The van der Waals surface area contributed by atoms with Gasteiger partial charge in [0.25, 0.3) is 5.91 Å². The van der Waals surface area contributed by atoms with E-state index in [-0.39, 0.29) is 5.82 Å². The van der Waals surface area contributed by atoms with Gasteiger partial charge in [0.15, 0.2) is 5.82 Å². The fourth-order valence-electron chi connectivity index (χ4n) is 3.02. The third kappa shape index (κ3) is 3.86. The van der Waals surface area contributed by atoms with Crippen molar-refractivity contribution in [2.45, 2.75) is 0 Å². The van der Waals surface area contributed by atoms with E-state index in [0.717, 1.165) is 11.3 Å². The summed E-state index contributed by atoms with van der Waals surface area (Å²) in [5, 5.41) is 7.29. The lowest BCUT2D eigenvalue weighted by molar-refractivity contribution is 0.101. The zero-order chi connectivity index (χ0) is 20.9. The van der Waals surface area contributed by atoms with E-state index in [1.54, 1.807) is 30.0 Å². The van der Waals surface area contributed by atoms with Crippen molar-refractivity contribution >= 4 is 11.6 Å². The molecular formula is C23H20N4O3. The smallest absolute Gasteiger partial charge is 0.295 e. The van der Waals surface area contributed by atoms with Gasteiger partial charge in [-0.15, -0.1) is 5.10 Å². The molecule has 0 aliphatic heterocycles. The van der Waals surface area contributed by atoms with Crippen LogP contribution in [-0.2, 0) is 0 Å². The number of benzene rings is 3. The maximum atomic E-state index is 13.0. The van der Waals surface area contributed by atoms with Gasteiger partial charge in [0.05, 0.1) is 25.6 Å². The van der Waals surface area contributed by atoms with E-state index >= 15 is 0 Å². The number of anilines is 1. The second-order valence-electron chi connectivity index (χ2n) is 6.39. The summed E-state index contributed by atoms with van der Waals surface area (Å²) in [5.41, 5.74) is 2.13. The third-order valence-corrected chi connectivity index (χ3v) is 4.50. The molecule has 0 bridgehead atoms. The molecule has 0 atom stereocenters. The van der Waals surface area contributed by atoms with Crippen LogP contribution in [0.25, 0.3) is 17.1 Å². The van der Waals surface area contributed by atoms with Crippen LogP contribution in [0.3, 0.4) is 0 Å². The maximum absolute atomic E-state index is 13.0. The molecule has 1 amide bonds. The molecule has 150 valence electrons. The number of hydrogen-bond acceptors (Lipinski definition) is 5. The molecule has 0 radical (unpaired) electrons. The Hall–Kier alpha value is -4.13. The summed E-state index contributed by atoms with van der Waals surface area (Å²) in [6.07, 6.45) is 0. The molecule has 0 aliphatic carbocycles. The van der Waals surface area contributed by atoms with Gasteiger partial charge in [-0.1, -0.05) is 48.5 Å². The second-order valence-corrected chi connectivity index (χ2v) is 6.39. The van der Waals surface area contributed by atoms with Gasteiger partial charge < -0.3 is 14.8 Å². The molecule has 1 heterocycles. The monoisotopic (exact) mass is 400 g/mol. The summed E-state index contributed by atoms with van der Waals surface area (Å²) in [4.78, 5) is 17.5. The summed E-state index contributed by atoms with van der Waals surface area (Å²) in [6.45, 7) is 0. The number of nitrogens with one attached hydrogen (secondary N) is 1. The third-order valence-electron chi connectivity index (χ3n) is 4.50. The minimum atomic E-state index is -0.451. The molecule has 3 aromatic carbocycles. The number of hydrogen-bond donors (Lipinski definition) is 1. The van der Waals surface area contributed by atoms with Crippen molar-refractivity contribution in [1.82, 2.24) is 14.8 Å². The van der Waals surface area contributed by atoms with E-state index in [9.17, 15) is 4.79 Å². The predicted molar refractivity (Wildman–Crippen MR) is 114 cm³/mol. The normalized spacial score (nSPS) is 10.5. The topological polar surface area (TPSA) is 78.3 Å². The summed E-state index contributed by atoms with van der Waals surface area (Å²) < 4.78 is 12.2. The van der Waals surface area contributed by atoms with Gasteiger partial charge in [-0.2, -0.15) is 0 Å². The van der Waals surface area contributed by atoms with Crippen molar-refractivity contribution < 1.29 is 14.3 Å². The van der Waals surface area contributed by atoms with Crippen molar-refractivity contribution in [2.75, 3.05) is 19.5 Å². The van der Waals surface area contributed by atoms with Crippen LogP contribution in [0.5, 0.6) is 11.5 Å². The zero-order valence-electron chi connectivity index (χ0n) is 16.6. The van der Waals surface area contributed by atoms with Gasteiger partial charge in [0.1, 0.15) is 11.5 Å². The first-order valence-electron chi connectivity index (χ1n) is 9.31. The summed E-state index contributed by atoms with van der Waals surface area (Å²) in [6, 6.07) is 24.3. The summed E-state index contributed by atoms with van der Waals surface area (Å²) in [7, 11) is 3.09. The molecule has 1 N–H and O–H groups in total. The average Bonchev–Trinajstić information content (AvgIpc) is 3.26. The van der Waals surface area contributed by atoms with Crippen LogP contribution in [0.4, 0.5) is 5.69 Å². The maximum Gasteiger partial charge on any atom is 0.295 e. The predicted octanol–water partition coefficient (Wildman–Crippen LogP) is 4.20. The molecule has 0 aliphatic rings. The fraction of sp³-hybridized carbons (Fsp3) is 0.0870. The Bertz CT molecular complexity index is 1100. The lowest BCUT2D eigenvalue weighted by Gasteiger charge is -2.10. The number of ether oxygens (including phenoxy) is 2. The summed E-state index contributed by atoms with van der Waals surface area (Å²) in [5.74, 6) is 1.27. The highest BCUT2D eigenvalue weighted by Gasteiger charge is 2.20. The Morgan fingerprint density at radius 1 is 0.900 bits per heavy atom. The van der Waals surface area contributed by atoms with Gasteiger partial charge >= 0.3 is 0 Å².